The number of halogens is 6. The highest BCUT2D eigenvalue weighted by Crippen LogP contribution is 2.53. The zero-order valence-electron chi connectivity index (χ0n) is 15.4. The first-order valence-corrected chi connectivity index (χ1v) is 9.21. The fourth-order valence-electron chi connectivity index (χ4n) is 3.39. The minimum absolute atomic E-state index is 0.437. The van der Waals surface area contributed by atoms with Crippen LogP contribution in [0, 0.1) is 0 Å². The van der Waals surface area contributed by atoms with Crippen molar-refractivity contribution in [2.75, 3.05) is 0 Å². The molecule has 0 spiro atoms. The van der Waals surface area contributed by atoms with Crippen molar-refractivity contribution in [3.05, 3.63) is 70.8 Å². The van der Waals surface area contributed by atoms with E-state index in [1.807, 2.05) is 0 Å². The van der Waals surface area contributed by atoms with E-state index in [4.69, 9.17) is 9.47 Å². The molecule has 0 N–H and O–H groups in total. The third-order valence-electron chi connectivity index (χ3n) is 5.44. The van der Waals surface area contributed by atoms with Crippen LogP contribution in [0.2, 0.25) is 0 Å². The van der Waals surface area contributed by atoms with Crippen molar-refractivity contribution in [3.8, 4) is 0 Å². The van der Waals surface area contributed by atoms with Gasteiger partial charge in [0.25, 0.3) is 0 Å². The SMILES string of the molecule is O=C(OC1(c2ccc(C(F)(F)F)cc2)CC1)OC1(c2ccc(C(F)(F)F)cc2)CC1. The maximum atomic E-state index is 12.7. The Morgan fingerprint density at radius 2 is 0.933 bits per heavy atom. The molecule has 2 fully saturated rings. The van der Waals surface area contributed by atoms with Gasteiger partial charge in [0.15, 0.2) is 0 Å². The summed E-state index contributed by atoms with van der Waals surface area (Å²) in [6.07, 6.45) is -8.14. The van der Waals surface area contributed by atoms with Gasteiger partial charge in [0, 0.05) is 0 Å². The molecule has 9 heteroatoms. The van der Waals surface area contributed by atoms with Crippen molar-refractivity contribution >= 4 is 6.16 Å². The summed E-state index contributed by atoms with van der Waals surface area (Å²) in [5.41, 5.74) is -2.79. The van der Waals surface area contributed by atoms with Gasteiger partial charge in [-0.05, 0) is 61.1 Å². The molecule has 2 aromatic carbocycles. The molecule has 0 aliphatic heterocycles. The quantitative estimate of drug-likeness (QED) is 0.407. The number of carbonyl (C=O) groups is 1. The summed E-state index contributed by atoms with van der Waals surface area (Å²) in [6.45, 7) is 0. The van der Waals surface area contributed by atoms with E-state index in [1.165, 1.54) is 24.3 Å². The van der Waals surface area contributed by atoms with Crippen LogP contribution in [0.25, 0.3) is 0 Å². The second kappa shape index (κ2) is 6.65. The average molecular weight is 430 g/mol. The fraction of sp³-hybridized carbons (Fsp3) is 0.381. The Hall–Kier alpha value is -2.71. The van der Waals surface area contributed by atoms with Crippen LogP contribution in [-0.4, -0.2) is 6.16 Å². The van der Waals surface area contributed by atoms with E-state index in [2.05, 4.69) is 0 Å². The molecule has 2 aliphatic rings. The number of rotatable bonds is 4. The van der Waals surface area contributed by atoms with E-state index in [0.717, 1.165) is 24.3 Å². The van der Waals surface area contributed by atoms with E-state index >= 15 is 0 Å². The van der Waals surface area contributed by atoms with Crippen LogP contribution in [0.3, 0.4) is 0 Å². The lowest BCUT2D eigenvalue weighted by atomic mass is 10.0. The van der Waals surface area contributed by atoms with Crippen molar-refractivity contribution in [2.45, 2.75) is 49.2 Å². The standard InChI is InChI=1S/C21H16F6O3/c22-20(23,24)15-5-1-13(2-6-15)18(9-10-18)29-17(28)30-19(11-12-19)14-3-7-16(8-4-14)21(25,26)27/h1-8H,9-12H2. The number of ether oxygens (including phenoxy) is 2. The van der Waals surface area contributed by atoms with Gasteiger partial charge in [0.2, 0.25) is 0 Å². The molecule has 0 radical (unpaired) electrons. The Morgan fingerprint density at radius 1 is 0.633 bits per heavy atom. The number of alkyl halides is 6. The van der Waals surface area contributed by atoms with E-state index < -0.39 is 40.8 Å². The number of benzene rings is 2. The van der Waals surface area contributed by atoms with Crippen LogP contribution in [0.5, 0.6) is 0 Å². The minimum Gasteiger partial charge on any atom is -0.423 e. The Balaban J connectivity index is 1.43. The molecule has 0 unspecified atom stereocenters. The second-order valence-electron chi connectivity index (χ2n) is 7.59. The molecular formula is C21H16F6O3. The zero-order valence-corrected chi connectivity index (χ0v) is 15.4. The summed E-state index contributed by atoms with van der Waals surface area (Å²) in [7, 11) is 0. The predicted molar refractivity (Wildman–Crippen MR) is 92.3 cm³/mol. The molecule has 0 heterocycles. The Morgan fingerprint density at radius 3 is 1.17 bits per heavy atom. The maximum Gasteiger partial charge on any atom is 0.510 e. The lowest BCUT2D eigenvalue weighted by Gasteiger charge is -2.21. The van der Waals surface area contributed by atoms with Gasteiger partial charge in [-0.25, -0.2) is 4.79 Å². The van der Waals surface area contributed by atoms with E-state index in [-0.39, 0.29) is 0 Å². The van der Waals surface area contributed by atoms with Crippen molar-refractivity contribution in [2.24, 2.45) is 0 Å². The molecule has 3 nitrogen and oxygen atoms in total. The second-order valence-corrected chi connectivity index (χ2v) is 7.59. The van der Waals surface area contributed by atoms with Crippen molar-refractivity contribution < 1.29 is 40.6 Å². The smallest absolute Gasteiger partial charge is 0.423 e. The molecule has 30 heavy (non-hydrogen) atoms. The van der Waals surface area contributed by atoms with Gasteiger partial charge < -0.3 is 9.47 Å². The van der Waals surface area contributed by atoms with Crippen molar-refractivity contribution in [3.63, 3.8) is 0 Å². The average Bonchev–Trinajstić information content (AvgIpc) is 3.59. The highest BCUT2D eigenvalue weighted by molar-refractivity contribution is 5.63. The lowest BCUT2D eigenvalue weighted by molar-refractivity contribution is -0.138. The van der Waals surface area contributed by atoms with Crippen LogP contribution in [0.4, 0.5) is 31.1 Å². The Labute approximate surface area is 167 Å². The van der Waals surface area contributed by atoms with Gasteiger partial charge in [0.1, 0.15) is 11.2 Å². The van der Waals surface area contributed by atoms with Gasteiger partial charge in [-0.1, -0.05) is 24.3 Å². The Kier molecular flexibility index (Phi) is 4.56. The van der Waals surface area contributed by atoms with Gasteiger partial charge in [0.05, 0.1) is 11.1 Å². The highest BCUT2D eigenvalue weighted by Gasteiger charge is 2.53. The molecule has 0 amide bonds. The van der Waals surface area contributed by atoms with Gasteiger partial charge >= 0.3 is 18.5 Å². The molecule has 2 aromatic rings. The Bertz CT molecular complexity index is 859. The predicted octanol–water partition coefficient (Wildman–Crippen LogP) is 6.56. The largest absolute Gasteiger partial charge is 0.510 e. The first-order valence-electron chi connectivity index (χ1n) is 9.21. The monoisotopic (exact) mass is 430 g/mol. The molecule has 4 rings (SSSR count). The van der Waals surface area contributed by atoms with Crippen molar-refractivity contribution in [1.82, 2.24) is 0 Å². The molecule has 0 aromatic heterocycles. The minimum atomic E-state index is -4.46. The summed E-state index contributed by atoms with van der Waals surface area (Å²) in [5.74, 6) is 0. The summed E-state index contributed by atoms with van der Waals surface area (Å²) < 4.78 is 87.1. The highest BCUT2D eigenvalue weighted by atomic mass is 19.4. The molecule has 2 aliphatic carbocycles. The molecular weight excluding hydrogens is 414 g/mol. The molecule has 0 saturated heterocycles. The van der Waals surface area contributed by atoms with E-state index in [9.17, 15) is 31.1 Å². The van der Waals surface area contributed by atoms with Crippen LogP contribution < -0.4 is 0 Å². The number of hydrogen-bond acceptors (Lipinski definition) is 3. The van der Waals surface area contributed by atoms with Crippen LogP contribution in [0.1, 0.15) is 47.9 Å². The summed E-state index contributed by atoms with van der Waals surface area (Å²) in [5, 5.41) is 0. The lowest BCUT2D eigenvalue weighted by Crippen LogP contribution is -2.24. The van der Waals surface area contributed by atoms with E-state index in [1.54, 1.807) is 0 Å². The van der Waals surface area contributed by atoms with Crippen LogP contribution in [0.15, 0.2) is 48.5 Å². The van der Waals surface area contributed by atoms with Crippen LogP contribution >= 0.6 is 0 Å². The number of hydrogen-bond donors (Lipinski definition) is 0. The molecule has 0 bridgehead atoms. The van der Waals surface area contributed by atoms with Gasteiger partial charge in [-0.2, -0.15) is 26.3 Å². The van der Waals surface area contributed by atoms with Crippen LogP contribution in [-0.2, 0) is 33.0 Å². The zero-order chi connectivity index (χ0) is 21.8. The first kappa shape index (κ1) is 20.6. The fourth-order valence-corrected chi connectivity index (χ4v) is 3.39. The molecule has 2 saturated carbocycles. The maximum absolute atomic E-state index is 12.7. The number of carbonyl (C=O) groups excluding carboxylic acids is 1. The normalized spacial score (nSPS) is 19.1. The molecule has 0 atom stereocenters. The third-order valence-corrected chi connectivity index (χ3v) is 5.44. The molecule has 160 valence electrons. The van der Waals surface area contributed by atoms with Gasteiger partial charge in [-0.3, -0.25) is 0 Å². The van der Waals surface area contributed by atoms with Gasteiger partial charge in [-0.15, -0.1) is 0 Å². The summed E-state index contributed by atoms with van der Waals surface area (Å²) >= 11 is 0. The van der Waals surface area contributed by atoms with Crippen molar-refractivity contribution in [1.29, 1.82) is 0 Å². The summed E-state index contributed by atoms with van der Waals surface area (Å²) in [6, 6.07) is 8.78. The van der Waals surface area contributed by atoms with E-state index in [0.29, 0.717) is 36.8 Å². The summed E-state index contributed by atoms with van der Waals surface area (Å²) in [4.78, 5) is 12.3. The topological polar surface area (TPSA) is 35.5 Å². The third kappa shape index (κ3) is 3.97. The first-order chi connectivity index (χ1) is 13.9.